The Hall–Kier alpha value is -2.69. The van der Waals surface area contributed by atoms with Crippen LogP contribution in [0.4, 0.5) is 4.39 Å². The summed E-state index contributed by atoms with van der Waals surface area (Å²) >= 11 is 0. The summed E-state index contributed by atoms with van der Waals surface area (Å²) in [4.78, 5) is 4.14. The minimum absolute atomic E-state index is 0.0206. The third-order valence-corrected chi connectivity index (χ3v) is 3.16. The zero-order chi connectivity index (χ0) is 14.8. The van der Waals surface area contributed by atoms with Crippen LogP contribution in [0.1, 0.15) is 17.0 Å². The number of benzene rings is 2. The van der Waals surface area contributed by atoms with E-state index in [-0.39, 0.29) is 17.2 Å². The zero-order valence-electron chi connectivity index (χ0n) is 11.4. The zero-order valence-corrected chi connectivity index (χ0v) is 11.4. The summed E-state index contributed by atoms with van der Waals surface area (Å²) in [5.74, 6) is -0.398. The van der Waals surface area contributed by atoms with Crippen LogP contribution >= 0.6 is 0 Å². The lowest BCUT2D eigenvalue weighted by molar-refractivity contribution is 0.415. The molecule has 0 unspecified atom stereocenters. The minimum Gasteiger partial charge on any atom is -0.507 e. The van der Waals surface area contributed by atoms with Crippen molar-refractivity contribution in [2.45, 2.75) is 13.3 Å². The highest BCUT2D eigenvalue weighted by Crippen LogP contribution is 2.30. The Morgan fingerprint density at radius 3 is 2.62 bits per heavy atom. The number of rotatable bonds is 3. The van der Waals surface area contributed by atoms with Crippen molar-refractivity contribution < 1.29 is 14.0 Å². The van der Waals surface area contributed by atoms with Gasteiger partial charge in [0.05, 0.1) is 0 Å². The molecule has 1 N–H and O–H groups in total. The van der Waals surface area contributed by atoms with E-state index in [0.29, 0.717) is 12.2 Å². The van der Waals surface area contributed by atoms with Crippen LogP contribution in [0, 0.1) is 12.7 Å². The van der Waals surface area contributed by atoms with Gasteiger partial charge in [0.2, 0.25) is 0 Å². The van der Waals surface area contributed by atoms with E-state index in [4.69, 9.17) is 4.52 Å². The lowest BCUT2D eigenvalue weighted by Crippen LogP contribution is -1.91. The van der Waals surface area contributed by atoms with E-state index in [0.717, 1.165) is 5.56 Å². The number of halogens is 1. The van der Waals surface area contributed by atoms with Crippen LogP contribution in [0.5, 0.6) is 5.75 Å². The average molecular weight is 284 g/mol. The molecular formula is C16H13FN2O2. The Balaban J connectivity index is 1.88. The van der Waals surface area contributed by atoms with Crippen LogP contribution in [0.2, 0.25) is 0 Å². The van der Waals surface area contributed by atoms with Crippen LogP contribution < -0.4 is 0 Å². The molecule has 0 saturated heterocycles. The Morgan fingerprint density at radius 1 is 1.14 bits per heavy atom. The van der Waals surface area contributed by atoms with Crippen molar-refractivity contribution in [1.29, 1.82) is 0 Å². The van der Waals surface area contributed by atoms with Crippen molar-refractivity contribution in [2.75, 3.05) is 0 Å². The molecule has 3 aromatic rings. The maximum atomic E-state index is 13.7. The van der Waals surface area contributed by atoms with E-state index in [2.05, 4.69) is 10.1 Å². The van der Waals surface area contributed by atoms with E-state index < -0.39 is 5.82 Å². The van der Waals surface area contributed by atoms with Gasteiger partial charge >= 0.3 is 0 Å². The predicted molar refractivity (Wildman–Crippen MR) is 75.3 cm³/mol. The summed E-state index contributed by atoms with van der Waals surface area (Å²) in [5.41, 5.74) is 2.13. The number of hydrogen-bond acceptors (Lipinski definition) is 4. The van der Waals surface area contributed by atoms with Gasteiger partial charge in [-0.15, -0.1) is 0 Å². The fraction of sp³-hybridized carbons (Fsp3) is 0.125. The second-order valence-corrected chi connectivity index (χ2v) is 4.81. The molecule has 0 spiro atoms. The topological polar surface area (TPSA) is 59.2 Å². The molecule has 0 aliphatic heterocycles. The van der Waals surface area contributed by atoms with E-state index in [1.807, 2.05) is 31.2 Å². The molecular weight excluding hydrogens is 271 g/mol. The smallest absolute Gasteiger partial charge is 0.264 e. The first kappa shape index (κ1) is 13.3. The van der Waals surface area contributed by atoms with Crippen molar-refractivity contribution in [3.63, 3.8) is 0 Å². The standard InChI is InChI=1S/C16H13FN2O2/c1-10-5-7-11(8-6-10)9-14-18-16(21-19-14)15-12(17)3-2-4-13(15)20/h2-8,20H,9H2,1H3. The van der Waals surface area contributed by atoms with Gasteiger partial charge in [0.25, 0.3) is 5.89 Å². The first-order valence-corrected chi connectivity index (χ1v) is 6.49. The molecule has 0 radical (unpaired) electrons. The molecule has 0 aliphatic carbocycles. The van der Waals surface area contributed by atoms with Crippen LogP contribution in [0.3, 0.4) is 0 Å². The van der Waals surface area contributed by atoms with Crippen LogP contribution in [0.15, 0.2) is 47.0 Å². The van der Waals surface area contributed by atoms with E-state index in [9.17, 15) is 9.50 Å². The molecule has 1 aromatic heterocycles. The Labute approximate surface area is 120 Å². The third-order valence-electron chi connectivity index (χ3n) is 3.16. The molecule has 21 heavy (non-hydrogen) atoms. The van der Waals surface area contributed by atoms with Crippen molar-refractivity contribution in [2.24, 2.45) is 0 Å². The van der Waals surface area contributed by atoms with E-state index in [1.54, 1.807) is 0 Å². The molecule has 0 fully saturated rings. The summed E-state index contributed by atoms with van der Waals surface area (Å²) < 4.78 is 18.8. The van der Waals surface area contributed by atoms with Crippen LogP contribution in [-0.4, -0.2) is 15.2 Å². The molecule has 2 aromatic carbocycles. The first-order valence-electron chi connectivity index (χ1n) is 6.49. The first-order chi connectivity index (χ1) is 10.1. The third kappa shape index (κ3) is 2.76. The SMILES string of the molecule is Cc1ccc(Cc2noc(-c3c(O)cccc3F)n2)cc1. The number of phenols is 1. The second-order valence-electron chi connectivity index (χ2n) is 4.81. The van der Waals surface area contributed by atoms with Gasteiger partial charge in [0.1, 0.15) is 17.1 Å². The second kappa shape index (κ2) is 5.36. The number of hydrogen-bond donors (Lipinski definition) is 1. The van der Waals surface area contributed by atoms with Gasteiger partial charge in [-0.2, -0.15) is 4.98 Å². The Morgan fingerprint density at radius 2 is 1.90 bits per heavy atom. The molecule has 0 atom stereocenters. The summed E-state index contributed by atoms with van der Waals surface area (Å²) in [6.07, 6.45) is 0.485. The van der Waals surface area contributed by atoms with Gasteiger partial charge in [0, 0.05) is 6.42 Å². The molecule has 1 heterocycles. The van der Waals surface area contributed by atoms with Crippen molar-refractivity contribution in [3.05, 3.63) is 65.2 Å². The molecule has 0 aliphatic rings. The minimum atomic E-state index is -0.597. The molecule has 0 saturated carbocycles. The lowest BCUT2D eigenvalue weighted by Gasteiger charge is -1.99. The highest BCUT2D eigenvalue weighted by molar-refractivity contribution is 5.62. The number of aromatic nitrogens is 2. The number of aromatic hydroxyl groups is 1. The van der Waals surface area contributed by atoms with Gasteiger partial charge in [-0.05, 0) is 24.6 Å². The predicted octanol–water partition coefficient (Wildman–Crippen LogP) is 3.48. The fourth-order valence-electron chi connectivity index (χ4n) is 2.04. The number of aryl methyl sites for hydroxylation is 1. The molecule has 5 heteroatoms. The van der Waals surface area contributed by atoms with E-state index in [1.165, 1.54) is 23.8 Å². The van der Waals surface area contributed by atoms with Crippen molar-refractivity contribution >= 4 is 0 Å². The van der Waals surface area contributed by atoms with Gasteiger partial charge in [-0.25, -0.2) is 4.39 Å². The normalized spacial score (nSPS) is 10.8. The summed E-state index contributed by atoms with van der Waals surface area (Å²) in [6.45, 7) is 2.01. The Kier molecular flexibility index (Phi) is 3.39. The van der Waals surface area contributed by atoms with Crippen molar-refractivity contribution in [3.8, 4) is 17.2 Å². The highest BCUT2D eigenvalue weighted by atomic mass is 19.1. The van der Waals surface area contributed by atoms with Gasteiger partial charge < -0.3 is 9.63 Å². The highest BCUT2D eigenvalue weighted by Gasteiger charge is 2.17. The van der Waals surface area contributed by atoms with Crippen LogP contribution in [-0.2, 0) is 6.42 Å². The van der Waals surface area contributed by atoms with Crippen molar-refractivity contribution in [1.82, 2.24) is 10.1 Å². The maximum Gasteiger partial charge on any atom is 0.264 e. The average Bonchev–Trinajstić information content (AvgIpc) is 2.89. The van der Waals surface area contributed by atoms with Crippen LogP contribution in [0.25, 0.3) is 11.5 Å². The monoisotopic (exact) mass is 284 g/mol. The quantitative estimate of drug-likeness (QED) is 0.800. The largest absolute Gasteiger partial charge is 0.507 e. The molecule has 4 nitrogen and oxygen atoms in total. The summed E-state index contributed by atoms with van der Waals surface area (Å²) in [5, 5.41) is 13.5. The van der Waals surface area contributed by atoms with E-state index >= 15 is 0 Å². The van der Waals surface area contributed by atoms with Gasteiger partial charge in [-0.1, -0.05) is 41.1 Å². The Bertz CT molecular complexity index is 746. The fourth-order valence-corrected chi connectivity index (χ4v) is 2.04. The number of nitrogens with zero attached hydrogens (tertiary/aromatic N) is 2. The maximum absolute atomic E-state index is 13.7. The molecule has 106 valence electrons. The summed E-state index contributed by atoms with van der Waals surface area (Å²) in [6, 6.07) is 12.0. The lowest BCUT2D eigenvalue weighted by atomic mass is 10.1. The molecule has 0 bridgehead atoms. The number of phenolic OH excluding ortho intramolecular Hbond substituents is 1. The van der Waals surface area contributed by atoms with Gasteiger partial charge in [-0.3, -0.25) is 0 Å². The molecule has 3 rings (SSSR count). The van der Waals surface area contributed by atoms with Gasteiger partial charge in [0.15, 0.2) is 5.82 Å². The molecule has 0 amide bonds. The summed E-state index contributed by atoms with van der Waals surface area (Å²) in [7, 11) is 0.